The van der Waals surface area contributed by atoms with E-state index in [1.165, 1.54) is 13.8 Å². The molecule has 0 bridgehead atoms. The van der Waals surface area contributed by atoms with E-state index in [-0.39, 0.29) is 37.3 Å². The van der Waals surface area contributed by atoms with Crippen molar-refractivity contribution in [1.82, 2.24) is 0 Å². The highest BCUT2D eigenvalue weighted by Gasteiger charge is 2.77. The number of hydrogen-bond acceptors (Lipinski definition) is 21. The number of carbonyl (C=O) groups is 2. The second kappa shape index (κ2) is 24.0. The fourth-order valence-electron chi connectivity index (χ4n) is 15.8. The minimum Gasteiger partial charge on any atom is -0.462 e. The molecule has 5 heterocycles. The molecule has 3 saturated carbocycles. The first-order valence-corrected chi connectivity index (χ1v) is 28.7. The molecule has 0 aromatic heterocycles. The fraction of sp³-hybridized carbons (Fsp3) is 0.930. The topological polar surface area (TPSA) is 254 Å². The van der Waals surface area contributed by atoms with Crippen LogP contribution in [0.2, 0.25) is 0 Å². The van der Waals surface area contributed by atoms with Crippen LogP contribution in [0.3, 0.4) is 0 Å². The van der Waals surface area contributed by atoms with E-state index in [9.17, 15) is 30.0 Å². The van der Waals surface area contributed by atoms with E-state index < -0.39 is 163 Å². The zero-order valence-corrected chi connectivity index (χ0v) is 48.1. The first-order chi connectivity index (χ1) is 36.9. The van der Waals surface area contributed by atoms with Crippen LogP contribution in [0.1, 0.15) is 139 Å². The van der Waals surface area contributed by atoms with E-state index in [0.717, 1.165) is 5.57 Å². The van der Waals surface area contributed by atoms with Gasteiger partial charge in [-0.25, -0.2) is 0 Å². The Hall–Kier alpha value is -1.84. The molecule has 0 radical (unpaired) electrons. The Morgan fingerprint density at radius 2 is 1.03 bits per heavy atom. The Bertz CT molecular complexity index is 2090. The van der Waals surface area contributed by atoms with Crippen LogP contribution in [0, 0.1) is 22.7 Å². The molecular weight excluding hydrogens is 1020 g/mol. The molecule has 0 aromatic rings. The van der Waals surface area contributed by atoms with E-state index >= 15 is 0 Å². The van der Waals surface area contributed by atoms with Crippen molar-refractivity contribution in [3.05, 3.63) is 11.6 Å². The molecule has 9 aliphatic rings. The fourth-order valence-corrected chi connectivity index (χ4v) is 15.8. The second-order valence-corrected chi connectivity index (χ2v) is 24.6. The van der Waals surface area contributed by atoms with Crippen molar-refractivity contribution in [1.29, 1.82) is 0 Å². The summed E-state index contributed by atoms with van der Waals surface area (Å²) in [4.78, 5) is 25.5. The predicted octanol–water partition coefficient (Wildman–Crippen LogP) is 4.31. The molecule has 0 amide bonds. The van der Waals surface area contributed by atoms with Crippen molar-refractivity contribution in [2.24, 2.45) is 22.7 Å². The van der Waals surface area contributed by atoms with E-state index in [4.69, 9.17) is 71.1 Å². The monoisotopic (exact) mass is 1110 g/mol. The molecule has 5 saturated heterocycles. The third-order valence-electron chi connectivity index (χ3n) is 20.2. The third-order valence-corrected chi connectivity index (χ3v) is 20.2. The molecule has 0 aromatic carbocycles. The summed E-state index contributed by atoms with van der Waals surface area (Å²) in [5, 5.41) is 47.5. The molecule has 21 nitrogen and oxygen atoms in total. The van der Waals surface area contributed by atoms with E-state index in [2.05, 4.69) is 13.0 Å². The van der Waals surface area contributed by atoms with Gasteiger partial charge in [0.25, 0.3) is 0 Å². The van der Waals surface area contributed by atoms with Gasteiger partial charge in [0.05, 0.1) is 67.1 Å². The first-order valence-electron chi connectivity index (χ1n) is 28.7. The predicted molar refractivity (Wildman–Crippen MR) is 274 cm³/mol. The van der Waals surface area contributed by atoms with Gasteiger partial charge in [0.1, 0.15) is 53.6 Å². The number of Topliss-reactive ketones (excluding diaryl/α,β-unsaturated/α-hetero) is 1. The molecule has 0 spiro atoms. The summed E-state index contributed by atoms with van der Waals surface area (Å²) in [6, 6.07) is 0. The van der Waals surface area contributed by atoms with Gasteiger partial charge in [-0.15, -0.1) is 0 Å². The van der Waals surface area contributed by atoms with Crippen LogP contribution in [-0.2, 0) is 80.6 Å². The molecule has 5 aliphatic heterocycles. The van der Waals surface area contributed by atoms with Gasteiger partial charge in [0.2, 0.25) is 0 Å². The van der Waals surface area contributed by atoms with Gasteiger partial charge in [-0.3, -0.25) is 9.59 Å². The molecule has 8 fully saturated rings. The van der Waals surface area contributed by atoms with Crippen LogP contribution < -0.4 is 0 Å². The smallest absolute Gasteiger partial charge is 0.302 e. The summed E-state index contributed by atoms with van der Waals surface area (Å²) >= 11 is 0. The highest BCUT2D eigenvalue weighted by Crippen LogP contribution is 2.70. The Morgan fingerprint density at radius 3 is 1.49 bits per heavy atom. The van der Waals surface area contributed by atoms with Crippen molar-refractivity contribution >= 4 is 11.8 Å². The molecule has 21 heteroatoms. The molecular formula is C57H92O21. The standard InChI is InChI=1S/C57H92O21/c1-27(58)36-16-19-57(63)55(36,9)43(73-33(7)59)26-42-54(8)17-15-35(20-34(54)14-18-56(42,57)62)74-44-21-37(60)50(29(3)69-44)75-46-23-39(65-11)52(30(4)70-46)77-48-25-41(67-13)53(32(6)72-48)78-47-24-40(66-12)51(31(5)71-47)76-45-22-38(64-10)49(61)28(2)68-45/h14,28-32,35-53,60-63H,15-26H2,1-13H3/t28-,29-,30-,31-,32-,35+,36+,37-,38-,39-,40+,41-,42-,43-,44+,45+,46+,47+,48+,49-,50-,51-,52-,53-,54+,55+,56+,57-/m1/s1. The summed E-state index contributed by atoms with van der Waals surface area (Å²) in [5.74, 6) is -1.54. The number of ketones is 1. The zero-order valence-electron chi connectivity index (χ0n) is 48.1. The van der Waals surface area contributed by atoms with Gasteiger partial charge >= 0.3 is 5.97 Å². The quantitative estimate of drug-likeness (QED) is 0.124. The Labute approximate surface area is 460 Å². The van der Waals surface area contributed by atoms with Crippen molar-refractivity contribution in [2.75, 3.05) is 28.4 Å². The van der Waals surface area contributed by atoms with Gasteiger partial charge in [-0.1, -0.05) is 25.5 Å². The maximum absolute atomic E-state index is 13.0. The largest absolute Gasteiger partial charge is 0.462 e. The van der Waals surface area contributed by atoms with Crippen LogP contribution in [0.15, 0.2) is 11.6 Å². The van der Waals surface area contributed by atoms with Crippen molar-refractivity contribution in [3.63, 3.8) is 0 Å². The summed E-state index contributed by atoms with van der Waals surface area (Å²) in [6.07, 6.45) is -5.62. The number of aliphatic hydroxyl groups excluding tert-OH is 2. The number of aliphatic hydroxyl groups is 4. The van der Waals surface area contributed by atoms with Crippen LogP contribution in [0.4, 0.5) is 0 Å². The summed E-state index contributed by atoms with van der Waals surface area (Å²) < 4.78 is 93.8. The molecule has 78 heavy (non-hydrogen) atoms. The highest BCUT2D eigenvalue weighted by atomic mass is 16.8. The van der Waals surface area contributed by atoms with Crippen LogP contribution in [0.25, 0.3) is 0 Å². The van der Waals surface area contributed by atoms with Gasteiger partial charge in [0.15, 0.2) is 31.5 Å². The molecule has 0 unspecified atom stereocenters. The number of carbonyl (C=O) groups excluding carboxylic acids is 2. The molecule has 446 valence electrons. The number of ether oxygens (including phenoxy) is 15. The van der Waals surface area contributed by atoms with Crippen LogP contribution in [-0.4, -0.2) is 207 Å². The first kappa shape index (κ1) is 60.7. The summed E-state index contributed by atoms with van der Waals surface area (Å²) in [6.45, 7) is 16.2. The zero-order chi connectivity index (χ0) is 56.4. The van der Waals surface area contributed by atoms with E-state index in [1.807, 2.05) is 34.6 Å². The molecule has 4 aliphatic carbocycles. The number of methoxy groups -OCH3 is 4. The van der Waals surface area contributed by atoms with Gasteiger partial charge in [-0.2, -0.15) is 0 Å². The summed E-state index contributed by atoms with van der Waals surface area (Å²) in [5.41, 5.74) is -3.73. The van der Waals surface area contributed by atoms with E-state index in [0.29, 0.717) is 57.8 Å². The minimum atomic E-state index is -1.64. The average Bonchev–Trinajstić information content (AvgIpc) is 2.97. The van der Waals surface area contributed by atoms with E-state index in [1.54, 1.807) is 35.4 Å². The highest BCUT2D eigenvalue weighted by molar-refractivity contribution is 5.80. The number of fused-ring (bicyclic) bond motifs is 5. The van der Waals surface area contributed by atoms with Crippen LogP contribution in [0.5, 0.6) is 0 Å². The molecule has 28 atom stereocenters. The third kappa shape index (κ3) is 11.2. The number of rotatable bonds is 16. The normalized spacial score (nSPS) is 51.6. The van der Waals surface area contributed by atoms with Crippen LogP contribution >= 0.6 is 0 Å². The lowest BCUT2D eigenvalue weighted by molar-refractivity contribution is -0.351. The molecule has 4 N–H and O–H groups in total. The maximum atomic E-state index is 13.0. The maximum Gasteiger partial charge on any atom is 0.302 e. The molecule has 9 rings (SSSR count). The lowest BCUT2D eigenvalue weighted by Crippen LogP contribution is -2.75. The SMILES string of the molecule is CO[C@H]1C[C@H](O[C@@H]2[C@@H](C)O[C@@H](O[C@@H]3[C@@H](C)O[C@@H](O[C@H]4[C@H](O)C[C@H](O[C@H]5CC[C@@]6(C)C(=CC[C@]7(O)[C@@H]6C[C@@H](OC(C)=O)[C@]6(C)[C@H](C(C)=O)CC[C@@]67O)C5)O[C@@H]4C)C[C@H]3OC)C[C@H]2OC)O[C@H](C)[C@H]1O[C@H]1C[C@@H](OC)[C@H](O)[C@@H](C)O1. The lowest BCUT2D eigenvalue weighted by atomic mass is 9.43. The van der Waals surface area contributed by atoms with Crippen molar-refractivity contribution < 1.29 is 101 Å². The lowest BCUT2D eigenvalue weighted by Gasteiger charge is -2.66. The second-order valence-electron chi connectivity index (χ2n) is 24.6. The van der Waals surface area contributed by atoms with Gasteiger partial charge < -0.3 is 91.5 Å². The van der Waals surface area contributed by atoms with Gasteiger partial charge in [-0.05, 0) is 91.9 Å². The number of hydrogen-bond donors (Lipinski definition) is 4. The Kier molecular flexibility index (Phi) is 18.7. The van der Waals surface area contributed by atoms with Crippen molar-refractivity contribution in [3.8, 4) is 0 Å². The Balaban J connectivity index is 0.753. The number of esters is 1. The van der Waals surface area contributed by atoms with Crippen molar-refractivity contribution in [2.45, 2.75) is 286 Å². The Morgan fingerprint density at radius 1 is 0.577 bits per heavy atom. The van der Waals surface area contributed by atoms with Gasteiger partial charge in [0, 0.05) is 84.7 Å². The minimum absolute atomic E-state index is 0.0800. The summed E-state index contributed by atoms with van der Waals surface area (Å²) in [7, 11) is 6.44. The average molecular weight is 1110 g/mol.